The summed E-state index contributed by atoms with van der Waals surface area (Å²) < 4.78 is 30.2. The van der Waals surface area contributed by atoms with Crippen molar-refractivity contribution in [2.75, 3.05) is 40.9 Å². The summed E-state index contributed by atoms with van der Waals surface area (Å²) in [5.41, 5.74) is 0. The molecule has 0 radical (unpaired) electrons. The number of esters is 1. The maximum absolute atomic E-state index is 13.4. The number of quaternary nitrogens is 1. The second-order valence-corrected chi connectivity index (χ2v) is 21.9. The highest BCUT2D eigenvalue weighted by Gasteiger charge is 2.27. The van der Waals surface area contributed by atoms with Gasteiger partial charge in [-0.2, -0.15) is 0 Å². The van der Waals surface area contributed by atoms with Crippen molar-refractivity contribution in [3.63, 3.8) is 0 Å². The van der Waals surface area contributed by atoms with Gasteiger partial charge in [-0.3, -0.25) is 14.2 Å². The van der Waals surface area contributed by atoms with Gasteiger partial charge in [0.15, 0.2) is 0 Å². The molecule has 66 heavy (non-hydrogen) atoms. The lowest BCUT2D eigenvalue weighted by molar-refractivity contribution is -0.870. The van der Waals surface area contributed by atoms with Crippen LogP contribution in [-0.2, 0) is 27.9 Å². The molecule has 3 atom stereocenters. The van der Waals surface area contributed by atoms with E-state index in [4.69, 9.17) is 13.8 Å². The van der Waals surface area contributed by atoms with Crippen LogP contribution >= 0.6 is 7.82 Å². The summed E-state index contributed by atoms with van der Waals surface area (Å²) in [5, 5.41) is 3.02. The molecule has 3 unspecified atom stereocenters. The average molecular weight is 953 g/mol. The van der Waals surface area contributed by atoms with Gasteiger partial charge in [-0.1, -0.05) is 225 Å². The number of unbranched alkanes of at least 4 members (excludes halogenated alkanes) is 33. The lowest BCUT2D eigenvalue weighted by Crippen LogP contribution is -2.47. The molecule has 0 saturated heterocycles. The van der Waals surface area contributed by atoms with Crippen molar-refractivity contribution < 1.29 is 37.3 Å². The van der Waals surface area contributed by atoms with E-state index in [9.17, 15) is 19.0 Å². The normalized spacial score (nSPS) is 14.0. The highest BCUT2D eigenvalue weighted by molar-refractivity contribution is 7.45. The van der Waals surface area contributed by atoms with E-state index in [0.717, 1.165) is 64.2 Å². The van der Waals surface area contributed by atoms with Crippen LogP contribution in [0.4, 0.5) is 0 Å². The highest BCUT2D eigenvalue weighted by atomic mass is 31.2. The van der Waals surface area contributed by atoms with Crippen LogP contribution in [-0.4, -0.2) is 69.4 Å². The fraction of sp³-hybridized carbons (Fsp3) is 0.893. The number of nitrogens with one attached hydrogen (secondary N) is 1. The number of phosphoric acid groups is 1. The molecule has 390 valence electrons. The Bertz CT molecular complexity index is 1190. The molecule has 0 spiro atoms. The number of likely N-dealkylation sites (N-methyl/N-ethyl adjacent to an activating group) is 1. The molecule has 0 aliphatic heterocycles. The molecule has 0 saturated carbocycles. The summed E-state index contributed by atoms with van der Waals surface area (Å²) in [5.74, 6) is -0.549. The molecule has 0 rings (SSSR count). The van der Waals surface area contributed by atoms with Crippen LogP contribution in [0.15, 0.2) is 24.3 Å². The van der Waals surface area contributed by atoms with Crippen molar-refractivity contribution in [2.24, 2.45) is 0 Å². The van der Waals surface area contributed by atoms with Crippen LogP contribution in [0.3, 0.4) is 0 Å². The lowest BCUT2D eigenvalue weighted by Gasteiger charge is -2.30. The second kappa shape index (κ2) is 47.2. The van der Waals surface area contributed by atoms with E-state index in [1.807, 2.05) is 33.3 Å². The van der Waals surface area contributed by atoms with E-state index in [0.29, 0.717) is 23.9 Å². The number of phosphoric ester groups is 1. The van der Waals surface area contributed by atoms with Crippen LogP contribution < -0.4 is 10.2 Å². The maximum Gasteiger partial charge on any atom is 0.306 e. The molecule has 9 nitrogen and oxygen atoms in total. The zero-order valence-corrected chi connectivity index (χ0v) is 45.3. The van der Waals surface area contributed by atoms with Crippen molar-refractivity contribution in [1.29, 1.82) is 0 Å². The van der Waals surface area contributed by atoms with Gasteiger partial charge in [0.05, 0.1) is 33.8 Å². The van der Waals surface area contributed by atoms with Crippen molar-refractivity contribution in [3.05, 3.63) is 24.3 Å². The lowest BCUT2D eigenvalue weighted by atomic mass is 10.0. The van der Waals surface area contributed by atoms with Crippen LogP contribution in [0.5, 0.6) is 0 Å². The fourth-order valence-corrected chi connectivity index (χ4v) is 8.95. The molecule has 0 aromatic rings. The SMILES string of the molecule is CCCCCCCCC/C=C\CCCCCC(=O)OC(/C=C/CCCCCCCCCCCCC)C(COP(=O)([O-])OCC[N+](C)(C)C)NC(=O)CCCCCCCCCCCCCCC. The third kappa shape index (κ3) is 47.6. The maximum atomic E-state index is 13.4. The number of carbonyl (C=O) groups is 2. The number of hydrogen-bond donors (Lipinski definition) is 1. The Labute approximate surface area is 409 Å². The highest BCUT2D eigenvalue weighted by Crippen LogP contribution is 2.38. The van der Waals surface area contributed by atoms with E-state index in [1.54, 1.807) is 0 Å². The zero-order chi connectivity index (χ0) is 48.7. The number of hydrogen-bond acceptors (Lipinski definition) is 7. The number of ether oxygens (including phenoxy) is 1. The Morgan fingerprint density at radius 1 is 0.515 bits per heavy atom. The molecular formula is C56H109N2O7P. The molecular weight excluding hydrogens is 844 g/mol. The largest absolute Gasteiger partial charge is 0.756 e. The Morgan fingerprint density at radius 2 is 0.879 bits per heavy atom. The first-order valence-electron chi connectivity index (χ1n) is 28.1. The molecule has 0 aromatic heterocycles. The monoisotopic (exact) mass is 953 g/mol. The summed E-state index contributed by atoms with van der Waals surface area (Å²) >= 11 is 0. The number of carbonyl (C=O) groups excluding carboxylic acids is 2. The van der Waals surface area contributed by atoms with Crippen LogP contribution in [0.25, 0.3) is 0 Å². The van der Waals surface area contributed by atoms with E-state index < -0.39 is 20.0 Å². The summed E-state index contributed by atoms with van der Waals surface area (Å²) in [7, 11) is 1.19. The predicted octanol–water partition coefficient (Wildman–Crippen LogP) is 16.0. The third-order valence-corrected chi connectivity index (χ3v) is 13.6. The van der Waals surface area contributed by atoms with Crippen LogP contribution in [0, 0.1) is 0 Å². The molecule has 10 heteroatoms. The second-order valence-electron chi connectivity index (χ2n) is 20.4. The summed E-state index contributed by atoms with van der Waals surface area (Å²) in [6.45, 7) is 6.84. The molecule has 0 aliphatic rings. The van der Waals surface area contributed by atoms with Crippen LogP contribution in [0.1, 0.15) is 271 Å². The molecule has 0 fully saturated rings. The van der Waals surface area contributed by atoms with Crippen molar-refractivity contribution in [2.45, 2.75) is 283 Å². The first kappa shape index (κ1) is 64.5. The van der Waals surface area contributed by atoms with E-state index in [-0.39, 0.29) is 31.5 Å². The van der Waals surface area contributed by atoms with Gasteiger partial charge in [-0.05, 0) is 57.4 Å². The quantitative estimate of drug-likeness (QED) is 0.0212. The number of rotatable bonds is 51. The molecule has 0 aliphatic carbocycles. The third-order valence-electron chi connectivity index (χ3n) is 12.6. The van der Waals surface area contributed by atoms with Gasteiger partial charge in [-0.15, -0.1) is 0 Å². The molecule has 0 heterocycles. The summed E-state index contributed by atoms with van der Waals surface area (Å²) in [4.78, 5) is 39.8. The first-order chi connectivity index (χ1) is 31.9. The van der Waals surface area contributed by atoms with E-state index in [1.165, 1.54) is 167 Å². The number of allylic oxidation sites excluding steroid dienone is 3. The Hall–Kier alpha value is -1.51. The van der Waals surface area contributed by atoms with Gasteiger partial charge in [0.1, 0.15) is 19.3 Å². The van der Waals surface area contributed by atoms with Crippen molar-refractivity contribution >= 4 is 19.7 Å². The van der Waals surface area contributed by atoms with Gasteiger partial charge >= 0.3 is 5.97 Å². The Kier molecular flexibility index (Phi) is 46.1. The summed E-state index contributed by atoms with van der Waals surface area (Å²) in [6.07, 6.45) is 52.8. The Balaban J connectivity index is 5.40. The average Bonchev–Trinajstić information content (AvgIpc) is 3.27. The minimum atomic E-state index is -4.69. The minimum Gasteiger partial charge on any atom is -0.756 e. The van der Waals surface area contributed by atoms with Crippen molar-refractivity contribution in [1.82, 2.24) is 5.32 Å². The van der Waals surface area contributed by atoms with Gasteiger partial charge in [-0.25, -0.2) is 0 Å². The summed E-state index contributed by atoms with van der Waals surface area (Å²) in [6, 6.07) is -0.886. The van der Waals surface area contributed by atoms with Gasteiger partial charge in [0.2, 0.25) is 5.91 Å². The van der Waals surface area contributed by atoms with Crippen molar-refractivity contribution in [3.8, 4) is 0 Å². The van der Waals surface area contributed by atoms with Gasteiger partial charge in [0.25, 0.3) is 7.82 Å². The van der Waals surface area contributed by atoms with Gasteiger partial charge in [0, 0.05) is 12.8 Å². The first-order valence-corrected chi connectivity index (χ1v) is 29.6. The molecule has 0 aromatic carbocycles. The topological polar surface area (TPSA) is 114 Å². The van der Waals surface area contributed by atoms with Gasteiger partial charge < -0.3 is 28.5 Å². The molecule has 1 amide bonds. The van der Waals surface area contributed by atoms with Crippen LogP contribution in [0.2, 0.25) is 0 Å². The predicted molar refractivity (Wildman–Crippen MR) is 280 cm³/mol. The Morgan fingerprint density at radius 3 is 1.30 bits per heavy atom. The standard InChI is InChI=1S/C56H109N2O7P/c1-7-10-13-16-19-22-25-28-31-34-37-40-43-46-49-56(60)65-54(47-44-41-38-35-32-29-26-23-20-17-14-11-8-2)53(52-64-66(61,62)63-51-50-58(4,5)6)57-55(59)48-45-42-39-36-33-30-27-24-21-18-15-12-9-3/h31,34,44,47,53-54H,7-30,32-33,35-43,45-46,48-52H2,1-6H3,(H-,57,59,61,62)/b34-31-,47-44+. The molecule has 0 bridgehead atoms. The smallest absolute Gasteiger partial charge is 0.306 e. The van der Waals surface area contributed by atoms with E-state index in [2.05, 4.69) is 38.2 Å². The molecule has 1 N–H and O–H groups in total. The fourth-order valence-electron chi connectivity index (χ4n) is 8.22. The number of amides is 1. The minimum absolute atomic E-state index is 0.0212. The van der Waals surface area contributed by atoms with E-state index >= 15 is 0 Å². The number of nitrogens with zero attached hydrogens (tertiary/aromatic N) is 1. The zero-order valence-electron chi connectivity index (χ0n) is 44.4.